The summed E-state index contributed by atoms with van der Waals surface area (Å²) in [7, 11) is 0. The van der Waals surface area contributed by atoms with E-state index in [9.17, 15) is 0 Å². The molecule has 0 spiro atoms. The Morgan fingerprint density at radius 1 is 1.71 bits per heavy atom. The average molecular weight is 94.1 g/mol. The maximum atomic E-state index is 6.19. The Kier molecular flexibility index (Phi) is 4.30. The Bertz CT molecular complexity index is 121. The van der Waals surface area contributed by atoms with Gasteiger partial charge in [0.25, 0.3) is 0 Å². The Morgan fingerprint density at radius 2 is 2.43 bits per heavy atom. The molecule has 7 heavy (non-hydrogen) atoms. The van der Waals surface area contributed by atoms with Crippen LogP contribution in [0.1, 0.15) is 6.42 Å². The van der Waals surface area contributed by atoms with E-state index >= 15 is 0 Å². The molecule has 0 aliphatic carbocycles. The van der Waals surface area contributed by atoms with Crippen LogP contribution in [0.15, 0.2) is 0 Å². The Morgan fingerprint density at radius 3 is 2.86 bits per heavy atom. The van der Waals surface area contributed by atoms with Crippen LogP contribution in [0.5, 0.6) is 0 Å². The quantitative estimate of drug-likeness (QED) is 0.365. The number of hydrogen-bond acceptors (Lipinski definition) is 1. The van der Waals surface area contributed by atoms with Crippen LogP contribution in [0.2, 0.25) is 0 Å². The van der Waals surface area contributed by atoms with E-state index in [1.807, 2.05) is 0 Å². The van der Waals surface area contributed by atoms with E-state index in [2.05, 4.69) is 16.8 Å². The van der Waals surface area contributed by atoms with Crippen LogP contribution in [0.4, 0.5) is 0 Å². The fourth-order valence-corrected chi connectivity index (χ4v) is 0.168. The van der Waals surface area contributed by atoms with Crippen LogP contribution in [0.3, 0.4) is 0 Å². The summed E-state index contributed by atoms with van der Waals surface area (Å²) in [5.74, 6) is 2.56. The summed E-state index contributed by atoms with van der Waals surface area (Å²) in [4.78, 5) is 2.81. The summed E-state index contributed by atoms with van der Waals surface area (Å²) in [5.41, 5.74) is 5.06. The first-order chi connectivity index (χ1) is 3.41. The molecule has 0 unspecified atom stereocenters. The van der Waals surface area contributed by atoms with Gasteiger partial charge in [0, 0.05) is 13.0 Å². The van der Waals surface area contributed by atoms with E-state index in [1.54, 1.807) is 0 Å². The van der Waals surface area contributed by atoms with Crippen molar-refractivity contribution in [3.63, 3.8) is 0 Å². The second-order valence-electron chi connectivity index (χ2n) is 0.939. The fourth-order valence-electron chi connectivity index (χ4n) is 0.168. The third-order valence-corrected chi connectivity index (χ3v) is 0.404. The van der Waals surface area contributed by atoms with E-state index in [0.717, 1.165) is 0 Å². The van der Waals surface area contributed by atoms with Gasteiger partial charge in [-0.1, -0.05) is 0 Å². The van der Waals surface area contributed by atoms with Gasteiger partial charge < -0.3 is 5.73 Å². The van der Waals surface area contributed by atoms with Gasteiger partial charge in [-0.25, -0.2) is 0 Å². The maximum Gasteiger partial charge on any atom is 0.132 e. The molecule has 0 radical (unpaired) electrons. The molecule has 2 N–H and O–H groups in total. The van der Waals surface area contributed by atoms with Gasteiger partial charge in [0.1, 0.15) is 12.6 Å². The minimum absolute atomic E-state index is 0.544. The molecular formula is C5H6N2. The largest absolute Gasteiger partial charge is 0.330 e. The molecule has 0 aliphatic rings. The molecule has 0 atom stereocenters. The first-order valence-corrected chi connectivity index (χ1v) is 1.96. The van der Waals surface area contributed by atoms with Crippen LogP contribution >= 0.6 is 0 Å². The van der Waals surface area contributed by atoms with Crippen LogP contribution in [-0.2, 0) is 0 Å². The van der Waals surface area contributed by atoms with Crippen molar-refractivity contribution in [1.29, 1.82) is 0 Å². The third kappa shape index (κ3) is 5.01. The summed E-state index contributed by atoms with van der Waals surface area (Å²) in [6, 6.07) is 2.21. The summed E-state index contributed by atoms with van der Waals surface area (Å²) < 4.78 is 0. The fraction of sp³-hybridized carbons (Fsp3) is 0.400. The molecule has 2 heteroatoms. The standard InChI is InChI=1S/C5H6N2/c1-7-5-3-2-4-6/h2,4,6H2. The predicted molar refractivity (Wildman–Crippen MR) is 28.0 cm³/mol. The van der Waals surface area contributed by atoms with Gasteiger partial charge in [-0.05, 0) is 0 Å². The van der Waals surface area contributed by atoms with Crippen LogP contribution in [0.25, 0.3) is 4.85 Å². The molecule has 0 aromatic rings. The van der Waals surface area contributed by atoms with E-state index in [4.69, 9.17) is 12.3 Å². The highest BCUT2D eigenvalue weighted by Crippen LogP contribution is 1.65. The van der Waals surface area contributed by atoms with Gasteiger partial charge in [0.05, 0.1) is 0 Å². The smallest absolute Gasteiger partial charge is 0.132 e. The highest BCUT2D eigenvalue weighted by atomic mass is 14.6. The Balaban J connectivity index is 3.13. The lowest BCUT2D eigenvalue weighted by Gasteiger charge is -1.73. The first-order valence-electron chi connectivity index (χ1n) is 1.96. The summed E-state index contributed by atoms with van der Waals surface area (Å²) in [5, 5.41) is 0. The molecular weight excluding hydrogens is 88.1 g/mol. The lowest BCUT2D eigenvalue weighted by atomic mass is 10.5. The summed E-state index contributed by atoms with van der Waals surface area (Å²) in [6.07, 6.45) is 0.627. The molecule has 36 valence electrons. The van der Waals surface area contributed by atoms with Crippen molar-refractivity contribution < 1.29 is 0 Å². The second kappa shape index (κ2) is 5.01. The molecule has 0 heterocycles. The minimum Gasteiger partial charge on any atom is -0.330 e. The van der Waals surface area contributed by atoms with Crippen molar-refractivity contribution in [2.75, 3.05) is 6.54 Å². The lowest BCUT2D eigenvalue weighted by Crippen LogP contribution is -1.95. The Labute approximate surface area is 43.1 Å². The SMILES string of the molecule is [C-]#[N+]C#CCCN. The highest BCUT2D eigenvalue weighted by Gasteiger charge is 1.63. The van der Waals surface area contributed by atoms with Gasteiger partial charge in [-0.2, -0.15) is 4.85 Å². The summed E-state index contributed by atoms with van der Waals surface area (Å²) in [6.45, 7) is 6.74. The molecule has 0 amide bonds. The normalized spacial score (nSPS) is 5.71. The van der Waals surface area contributed by atoms with Gasteiger partial charge in [0.15, 0.2) is 0 Å². The predicted octanol–water partition coefficient (Wildman–Crippen LogP) is 0.215. The number of nitrogens with two attached hydrogens (primary N) is 1. The van der Waals surface area contributed by atoms with Crippen molar-refractivity contribution in [1.82, 2.24) is 0 Å². The Hall–Kier alpha value is -0.990. The second-order valence-corrected chi connectivity index (χ2v) is 0.939. The van der Waals surface area contributed by atoms with Crippen LogP contribution in [-0.4, -0.2) is 6.54 Å². The lowest BCUT2D eigenvalue weighted by molar-refractivity contribution is 1.03. The van der Waals surface area contributed by atoms with E-state index < -0.39 is 0 Å². The minimum atomic E-state index is 0.544. The van der Waals surface area contributed by atoms with E-state index in [-0.39, 0.29) is 0 Å². The van der Waals surface area contributed by atoms with Crippen LogP contribution < -0.4 is 5.73 Å². The zero-order valence-corrected chi connectivity index (χ0v) is 3.94. The van der Waals surface area contributed by atoms with Crippen molar-refractivity contribution >= 4 is 0 Å². The molecule has 0 bridgehead atoms. The third-order valence-electron chi connectivity index (χ3n) is 0.404. The number of rotatable bonds is 1. The molecule has 0 saturated heterocycles. The molecule has 0 aliphatic heterocycles. The average Bonchev–Trinajstić information content (AvgIpc) is 1.69. The highest BCUT2D eigenvalue weighted by molar-refractivity contribution is 5.05. The van der Waals surface area contributed by atoms with Crippen molar-refractivity contribution in [2.24, 2.45) is 5.73 Å². The molecule has 0 aromatic heterocycles. The first kappa shape index (κ1) is 6.01. The van der Waals surface area contributed by atoms with Gasteiger partial charge in [-0.15, -0.1) is 5.92 Å². The van der Waals surface area contributed by atoms with Gasteiger partial charge in [-0.3, -0.25) is 0 Å². The molecule has 0 fully saturated rings. The van der Waals surface area contributed by atoms with Gasteiger partial charge >= 0.3 is 0 Å². The molecule has 0 rings (SSSR count). The maximum absolute atomic E-state index is 6.19. The van der Waals surface area contributed by atoms with Crippen molar-refractivity contribution in [2.45, 2.75) is 6.42 Å². The molecule has 2 nitrogen and oxygen atoms in total. The monoisotopic (exact) mass is 94.1 g/mol. The summed E-state index contributed by atoms with van der Waals surface area (Å²) >= 11 is 0. The van der Waals surface area contributed by atoms with Crippen molar-refractivity contribution in [3.8, 4) is 12.0 Å². The van der Waals surface area contributed by atoms with E-state index in [1.165, 1.54) is 0 Å². The zero-order chi connectivity index (χ0) is 5.54. The molecule has 0 aromatic carbocycles. The van der Waals surface area contributed by atoms with Crippen molar-refractivity contribution in [3.05, 3.63) is 11.4 Å². The molecule has 0 saturated carbocycles. The topological polar surface area (TPSA) is 30.4 Å². The van der Waals surface area contributed by atoms with E-state index in [0.29, 0.717) is 13.0 Å². The number of nitrogens with zero attached hydrogens (tertiary/aromatic N) is 1. The zero-order valence-electron chi connectivity index (χ0n) is 3.94. The van der Waals surface area contributed by atoms with Gasteiger partial charge in [0.2, 0.25) is 0 Å². The number of hydrogen-bond donors (Lipinski definition) is 1. The van der Waals surface area contributed by atoms with Crippen LogP contribution in [0, 0.1) is 18.5 Å².